The second kappa shape index (κ2) is 22.4. The molecular weight excluding hydrogens is 1070 g/mol. The molecule has 8 aliphatic rings. The van der Waals surface area contributed by atoms with Crippen LogP contribution in [-0.2, 0) is 43.7 Å². The summed E-state index contributed by atoms with van der Waals surface area (Å²) in [6.07, 6.45) is 17.7. The van der Waals surface area contributed by atoms with Crippen molar-refractivity contribution in [3.8, 4) is 11.5 Å². The number of sulfonamides is 2. The molecule has 4 heterocycles. The molecule has 416 valence electrons. The van der Waals surface area contributed by atoms with E-state index in [1.165, 1.54) is 22.3 Å². The van der Waals surface area contributed by atoms with E-state index in [2.05, 4.69) is 43.5 Å². The topological polar surface area (TPSA) is 192 Å². The quantitative estimate of drug-likeness (QED) is 0.122. The van der Waals surface area contributed by atoms with Gasteiger partial charge in [-0.2, -0.15) is 0 Å². The fraction of sp³-hybridized carbons (Fsp3) is 0.500. The Hall–Kier alpha value is -5.10. The number of aliphatic hydroxyl groups is 2. The average molecular weight is 1140 g/mol. The second-order valence-electron chi connectivity index (χ2n) is 23.3. The monoisotopic (exact) mass is 1140 g/mol. The number of benzene rings is 4. The largest absolute Gasteiger partial charge is 0.490 e. The van der Waals surface area contributed by atoms with Crippen molar-refractivity contribution in [3.63, 3.8) is 0 Å². The number of nitrogens with zero attached hydrogens (tertiary/aromatic N) is 2. The molecule has 4 aliphatic carbocycles. The van der Waals surface area contributed by atoms with E-state index in [-0.39, 0.29) is 35.2 Å². The lowest BCUT2D eigenvalue weighted by Gasteiger charge is -2.45. The molecular formula is C60H70Cl2N4O10S2. The molecule has 4 aromatic rings. The molecule has 8 atom stereocenters. The van der Waals surface area contributed by atoms with Crippen LogP contribution in [0.3, 0.4) is 0 Å². The highest BCUT2D eigenvalue weighted by Gasteiger charge is 2.46. The number of carbonyl (C=O) groups is 2. The zero-order chi connectivity index (χ0) is 54.4. The summed E-state index contributed by atoms with van der Waals surface area (Å²) in [6, 6.07) is 22.8. The van der Waals surface area contributed by atoms with Gasteiger partial charge in [0, 0.05) is 58.2 Å². The molecule has 4 aromatic carbocycles. The Morgan fingerprint density at radius 2 is 0.987 bits per heavy atom. The highest BCUT2D eigenvalue weighted by atomic mass is 35.5. The molecule has 0 radical (unpaired) electrons. The smallest absolute Gasteiger partial charge is 0.264 e. The highest BCUT2D eigenvalue weighted by molar-refractivity contribution is 7.90. The molecule has 78 heavy (non-hydrogen) atoms. The van der Waals surface area contributed by atoms with Crippen molar-refractivity contribution in [3.05, 3.63) is 141 Å². The van der Waals surface area contributed by atoms with Crippen molar-refractivity contribution < 1.29 is 46.1 Å². The third-order valence-electron chi connectivity index (χ3n) is 18.1. The number of ether oxygens (including phenoxy) is 2. The minimum atomic E-state index is -3.82. The Balaban J connectivity index is 0.000000165. The lowest BCUT2D eigenvalue weighted by atomic mass is 9.68. The van der Waals surface area contributed by atoms with E-state index in [4.69, 9.17) is 32.7 Å². The van der Waals surface area contributed by atoms with E-state index in [0.717, 1.165) is 112 Å². The SMILES string of the molecule is O=C1NS(=O)(=O)CC/C=C\[C@@H](O)C[C@@H]2CC[C@H]2CN2C[C@@]3(CCCc4cc(Cl)ccc43)COc3ccc1cc32.O=C1NS(=O)(=O)CC/C=C\[C@H](O)C[C@@H]2CC[C@H]2CN2C[C@@]3(CCCc4cc(Cl)ccc43)COc3ccc1cc32. The highest BCUT2D eigenvalue weighted by Crippen LogP contribution is 2.49. The molecule has 0 aromatic heterocycles. The molecule has 2 fully saturated rings. The van der Waals surface area contributed by atoms with Crippen LogP contribution in [0.1, 0.15) is 120 Å². The van der Waals surface area contributed by atoms with Gasteiger partial charge in [-0.05, 0) is 196 Å². The molecule has 0 saturated heterocycles. The number of aliphatic hydroxyl groups excluding tert-OH is 2. The van der Waals surface area contributed by atoms with Crippen molar-refractivity contribution in [2.45, 2.75) is 113 Å². The predicted molar refractivity (Wildman–Crippen MR) is 304 cm³/mol. The van der Waals surface area contributed by atoms with E-state index in [1.807, 2.05) is 12.1 Å². The van der Waals surface area contributed by atoms with Gasteiger partial charge in [-0.1, -0.05) is 59.6 Å². The molecule has 2 amide bonds. The van der Waals surface area contributed by atoms with Gasteiger partial charge in [0.15, 0.2) is 0 Å². The third-order valence-corrected chi connectivity index (χ3v) is 21.1. The van der Waals surface area contributed by atoms with E-state index in [1.54, 1.807) is 60.7 Å². The number of hydrogen-bond donors (Lipinski definition) is 4. The number of hydrogen-bond acceptors (Lipinski definition) is 12. The van der Waals surface area contributed by atoms with Crippen molar-refractivity contribution in [1.29, 1.82) is 0 Å². The summed E-state index contributed by atoms with van der Waals surface area (Å²) < 4.78 is 67.7. The van der Waals surface area contributed by atoms with Gasteiger partial charge in [-0.15, -0.1) is 0 Å². The second-order valence-corrected chi connectivity index (χ2v) is 27.9. The number of amides is 2. The van der Waals surface area contributed by atoms with Gasteiger partial charge in [-0.25, -0.2) is 26.3 Å². The summed E-state index contributed by atoms with van der Waals surface area (Å²) in [4.78, 5) is 30.8. The summed E-state index contributed by atoms with van der Waals surface area (Å²) in [5, 5.41) is 22.7. The lowest BCUT2D eigenvalue weighted by Crippen LogP contribution is -2.48. The first-order chi connectivity index (χ1) is 37.4. The van der Waals surface area contributed by atoms with Crippen molar-refractivity contribution in [1.82, 2.24) is 9.44 Å². The average Bonchev–Trinajstić information content (AvgIpc) is 3.81. The molecule has 0 unspecified atom stereocenters. The first-order valence-corrected chi connectivity index (χ1v) is 31.9. The molecule has 18 heteroatoms. The van der Waals surface area contributed by atoms with Crippen LogP contribution in [0, 0.1) is 23.7 Å². The third kappa shape index (κ3) is 11.9. The van der Waals surface area contributed by atoms with Crippen molar-refractivity contribution in [2.75, 3.05) is 60.7 Å². The van der Waals surface area contributed by atoms with Gasteiger partial charge < -0.3 is 29.5 Å². The van der Waals surface area contributed by atoms with Crippen LogP contribution in [0.15, 0.2) is 97.1 Å². The van der Waals surface area contributed by atoms with Crippen LogP contribution in [0.25, 0.3) is 0 Å². The molecule has 2 saturated carbocycles. The van der Waals surface area contributed by atoms with Crippen molar-refractivity contribution in [2.24, 2.45) is 23.7 Å². The number of allylic oxidation sites excluding steroid dienone is 2. The van der Waals surface area contributed by atoms with Gasteiger partial charge in [0.1, 0.15) is 11.5 Å². The molecule has 12 rings (SSSR count). The standard InChI is InChI=1S/2C30H35ClN2O5S/c2*31-24-9-10-26-21(14-24)4-3-12-30(26)18-33-17-23-7-6-20(23)15-25(34)5-1-2-13-39(36,37)32-29(35)22-8-11-28(38-19-30)27(33)16-22/h2*1,5,8-11,14,16,20,23,25,34H,2-4,6-7,12-13,15,17-19H2,(H,32,35)/b2*5-1-/t20-,23-,25+,30-;20-,23-,25-,30-/m00/s1. The summed E-state index contributed by atoms with van der Waals surface area (Å²) >= 11 is 12.7. The van der Waals surface area contributed by atoms with Crippen LogP contribution in [0.5, 0.6) is 11.5 Å². The number of aryl methyl sites for hydroxylation is 2. The van der Waals surface area contributed by atoms with Gasteiger partial charge in [0.25, 0.3) is 11.8 Å². The van der Waals surface area contributed by atoms with Crippen molar-refractivity contribution >= 4 is 66.4 Å². The molecule has 4 N–H and O–H groups in total. The van der Waals surface area contributed by atoms with Gasteiger partial charge in [-0.3, -0.25) is 9.59 Å². The maximum atomic E-state index is 13.0. The Kier molecular flexibility index (Phi) is 15.8. The Morgan fingerprint density at radius 3 is 1.40 bits per heavy atom. The molecule has 14 nitrogen and oxygen atoms in total. The minimum Gasteiger partial charge on any atom is -0.490 e. The number of carbonyl (C=O) groups excluding carboxylic acids is 2. The number of fused-ring (bicyclic) bond motifs is 8. The zero-order valence-electron chi connectivity index (χ0n) is 43.9. The lowest BCUT2D eigenvalue weighted by molar-refractivity contribution is 0.0972. The van der Waals surface area contributed by atoms with Crippen LogP contribution in [0.4, 0.5) is 11.4 Å². The summed E-state index contributed by atoms with van der Waals surface area (Å²) in [7, 11) is -7.65. The van der Waals surface area contributed by atoms with Crippen LogP contribution >= 0.6 is 23.2 Å². The van der Waals surface area contributed by atoms with Crippen LogP contribution in [0.2, 0.25) is 10.0 Å². The number of rotatable bonds is 0. The minimum absolute atomic E-state index is 0.222. The fourth-order valence-corrected chi connectivity index (χ4v) is 16.0. The first kappa shape index (κ1) is 54.8. The maximum absolute atomic E-state index is 13.0. The fourth-order valence-electron chi connectivity index (χ4n) is 13.7. The summed E-state index contributed by atoms with van der Waals surface area (Å²) in [5.41, 5.74) is 6.82. The van der Waals surface area contributed by atoms with E-state index < -0.39 is 44.1 Å². The van der Waals surface area contributed by atoms with E-state index in [0.29, 0.717) is 72.4 Å². The molecule has 2 spiro atoms. The summed E-state index contributed by atoms with van der Waals surface area (Å²) in [6.45, 7) is 4.05. The van der Waals surface area contributed by atoms with Crippen LogP contribution < -0.4 is 28.7 Å². The molecule has 4 bridgehead atoms. The van der Waals surface area contributed by atoms with Crippen LogP contribution in [-0.4, -0.2) is 102 Å². The van der Waals surface area contributed by atoms with E-state index in [9.17, 15) is 36.6 Å². The van der Waals surface area contributed by atoms with Gasteiger partial charge in [0.2, 0.25) is 20.0 Å². The Morgan fingerprint density at radius 1 is 0.564 bits per heavy atom. The molecule has 4 aliphatic heterocycles. The summed E-state index contributed by atoms with van der Waals surface area (Å²) in [5.74, 6) is 1.26. The normalized spacial score (nSPS) is 31.1. The Bertz CT molecular complexity index is 3030. The van der Waals surface area contributed by atoms with Gasteiger partial charge >= 0.3 is 0 Å². The van der Waals surface area contributed by atoms with Gasteiger partial charge in [0.05, 0.1) is 48.3 Å². The van der Waals surface area contributed by atoms with E-state index >= 15 is 0 Å². The number of halogens is 2. The predicted octanol–water partition coefficient (Wildman–Crippen LogP) is 9.22. The number of nitrogens with one attached hydrogen (secondary N) is 2. The number of anilines is 2. The Labute approximate surface area is 468 Å². The first-order valence-electron chi connectivity index (χ1n) is 27.8. The zero-order valence-corrected chi connectivity index (χ0v) is 47.0. The maximum Gasteiger partial charge on any atom is 0.264 e.